The summed E-state index contributed by atoms with van der Waals surface area (Å²) in [4.78, 5) is 17.8. The molecule has 2 aromatic heterocycles. The molecular formula is C27H27F3N4O4S. The van der Waals surface area contributed by atoms with E-state index in [2.05, 4.69) is 5.32 Å². The van der Waals surface area contributed by atoms with E-state index in [9.17, 15) is 26.4 Å². The van der Waals surface area contributed by atoms with Gasteiger partial charge in [-0.15, -0.1) is 0 Å². The van der Waals surface area contributed by atoms with Crippen LogP contribution in [0.15, 0.2) is 52.9 Å². The molecule has 4 aromatic rings. The molecule has 206 valence electrons. The minimum Gasteiger partial charge on any atom is -0.456 e. The topological polar surface area (TPSA) is 106 Å². The molecule has 0 saturated heterocycles. The van der Waals surface area contributed by atoms with Crippen LogP contribution in [-0.4, -0.2) is 35.9 Å². The van der Waals surface area contributed by atoms with Crippen molar-refractivity contribution < 1.29 is 30.8 Å². The van der Waals surface area contributed by atoms with Crippen molar-refractivity contribution in [2.45, 2.75) is 51.1 Å². The van der Waals surface area contributed by atoms with Gasteiger partial charge in [0.1, 0.15) is 22.9 Å². The van der Waals surface area contributed by atoms with E-state index in [1.807, 2.05) is 30.5 Å². The highest BCUT2D eigenvalue weighted by atomic mass is 32.2. The van der Waals surface area contributed by atoms with E-state index in [1.165, 1.54) is 18.2 Å². The van der Waals surface area contributed by atoms with Gasteiger partial charge in [-0.3, -0.25) is 9.52 Å². The highest BCUT2D eigenvalue weighted by molar-refractivity contribution is 7.93. The molecule has 2 heterocycles. The molecule has 0 aliphatic heterocycles. The van der Waals surface area contributed by atoms with Gasteiger partial charge in [0, 0.05) is 36.4 Å². The number of aryl methyl sites for hydroxylation is 1. The standard InChI is InChI=1S/C27H27F3N4O4S/c1-3-23-32-24(17-10-11-17)25(26(35)31-4-2)34(23)15-16-9-12-21-18(13-16)14-22(38-21)19-7-5-6-8-20(19)33-39(36,37)27(28,29)30/h5-9,12-14,17,33H,3-4,10-11,15H2,1-2H3,(H,31,35). The second-order valence-corrected chi connectivity index (χ2v) is 11.1. The van der Waals surface area contributed by atoms with Crippen molar-refractivity contribution in [1.29, 1.82) is 0 Å². The minimum atomic E-state index is -5.61. The van der Waals surface area contributed by atoms with Crippen LogP contribution in [0.3, 0.4) is 0 Å². The minimum absolute atomic E-state index is 0.156. The zero-order valence-corrected chi connectivity index (χ0v) is 22.1. The average molecular weight is 561 g/mol. The molecule has 0 spiro atoms. The number of carbonyl (C=O) groups is 1. The number of sulfonamides is 1. The fourth-order valence-corrected chi connectivity index (χ4v) is 5.16. The van der Waals surface area contributed by atoms with E-state index in [1.54, 1.807) is 22.9 Å². The number of imidazole rings is 1. The van der Waals surface area contributed by atoms with Crippen molar-refractivity contribution >= 4 is 32.6 Å². The summed E-state index contributed by atoms with van der Waals surface area (Å²) >= 11 is 0. The summed E-state index contributed by atoms with van der Waals surface area (Å²) in [5, 5.41) is 3.57. The third-order valence-corrected chi connectivity index (χ3v) is 7.67. The number of halogens is 3. The predicted molar refractivity (Wildman–Crippen MR) is 141 cm³/mol. The van der Waals surface area contributed by atoms with Crippen molar-refractivity contribution in [3.63, 3.8) is 0 Å². The first-order valence-corrected chi connectivity index (χ1v) is 14.1. The molecule has 1 amide bonds. The number of aromatic nitrogens is 2. The van der Waals surface area contributed by atoms with Gasteiger partial charge in [0.25, 0.3) is 5.91 Å². The zero-order valence-electron chi connectivity index (χ0n) is 21.3. The van der Waals surface area contributed by atoms with Crippen molar-refractivity contribution in [3.8, 4) is 11.3 Å². The molecule has 39 heavy (non-hydrogen) atoms. The first-order chi connectivity index (χ1) is 18.5. The second kappa shape index (κ2) is 10.1. The monoisotopic (exact) mass is 560 g/mol. The molecule has 0 unspecified atom stereocenters. The molecule has 1 aliphatic carbocycles. The third-order valence-electron chi connectivity index (χ3n) is 6.57. The summed E-state index contributed by atoms with van der Waals surface area (Å²) in [5.41, 5.74) is -2.78. The van der Waals surface area contributed by atoms with Gasteiger partial charge in [-0.2, -0.15) is 21.6 Å². The number of amides is 1. The maximum atomic E-state index is 13.0. The lowest BCUT2D eigenvalue weighted by Crippen LogP contribution is -2.30. The zero-order chi connectivity index (χ0) is 27.9. The first kappa shape index (κ1) is 26.8. The van der Waals surface area contributed by atoms with Crippen molar-refractivity contribution in [1.82, 2.24) is 14.9 Å². The van der Waals surface area contributed by atoms with Gasteiger partial charge in [-0.25, -0.2) is 4.98 Å². The lowest BCUT2D eigenvalue weighted by Gasteiger charge is -2.12. The van der Waals surface area contributed by atoms with Gasteiger partial charge >= 0.3 is 15.5 Å². The number of para-hydroxylation sites is 1. The Morgan fingerprint density at radius 3 is 2.54 bits per heavy atom. The molecule has 1 fully saturated rings. The third kappa shape index (κ3) is 5.25. The smallest absolute Gasteiger partial charge is 0.456 e. The number of furan rings is 1. The highest BCUT2D eigenvalue weighted by Crippen LogP contribution is 2.42. The molecule has 1 saturated carbocycles. The molecule has 5 rings (SSSR count). The van der Waals surface area contributed by atoms with Crippen LogP contribution in [0.5, 0.6) is 0 Å². The Hall–Kier alpha value is -3.80. The number of nitrogens with one attached hydrogen (secondary N) is 2. The molecule has 12 heteroatoms. The second-order valence-electron chi connectivity index (χ2n) is 9.41. The Balaban J connectivity index is 1.50. The quantitative estimate of drug-likeness (QED) is 0.269. The van der Waals surface area contributed by atoms with E-state index in [0.717, 1.165) is 29.9 Å². The summed E-state index contributed by atoms with van der Waals surface area (Å²) in [6, 6.07) is 12.8. The number of benzene rings is 2. The number of anilines is 1. The van der Waals surface area contributed by atoms with Gasteiger partial charge in [0.15, 0.2) is 0 Å². The maximum absolute atomic E-state index is 13.0. The van der Waals surface area contributed by atoms with Gasteiger partial charge in [0.2, 0.25) is 0 Å². The average Bonchev–Trinajstić information content (AvgIpc) is 3.53. The van der Waals surface area contributed by atoms with Crippen LogP contribution in [-0.2, 0) is 23.0 Å². The normalized spacial score (nSPS) is 14.1. The van der Waals surface area contributed by atoms with Crippen molar-refractivity contribution in [3.05, 3.63) is 71.3 Å². The summed E-state index contributed by atoms with van der Waals surface area (Å²) in [5.74, 6) is 1.16. The number of hydrogen-bond donors (Lipinski definition) is 2. The Kier molecular flexibility index (Phi) is 6.91. The molecule has 0 radical (unpaired) electrons. The van der Waals surface area contributed by atoms with Gasteiger partial charge in [-0.05, 0) is 55.7 Å². The Labute approximate surface area is 223 Å². The molecule has 2 aromatic carbocycles. The van der Waals surface area contributed by atoms with Crippen LogP contribution in [0.25, 0.3) is 22.3 Å². The molecule has 2 N–H and O–H groups in total. The summed E-state index contributed by atoms with van der Waals surface area (Å²) in [6.45, 7) is 4.76. The fraction of sp³-hybridized carbons (Fsp3) is 0.333. The number of rotatable bonds is 9. The SMILES string of the molecule is CCNC(=O)c1c(C2CC2)nc(CC)n1Cc1ccc2oc(-c3ccccc3NS(=O)(=O)C(F)(F)F)cc2c1. The number of nitrogens with zero attached hydrogens (tertiary/aromatic N) is 2. The van der Waals surface area contributed by atoms with E-state index >= 15 is 0 Å². The summed E-state index contributed by atoms with van der Waals surface area (Å²) in [7, 11) is -5.61. The van der Waals surface area contributed by atoms with Crippen LogP contribution in [0.2, 0.25) is 0 Å². The molecule has 1 aliphatic rings. The van der Waals surface area contributed by atoms with Crippen molar-refractivity contribution in [2.75, 3.05) is 11.3 Å². The van der Waals surface area contributed by atoms with Gasteiger partial charge in [0.05, 0.1) is 11.4 Å². The Morgan fingerprint density at radius 2 is 1.87 bits per heavy atom. The first-order valence-electron chi connectivity index (χ1n) is 12.6. The molecular weight excluding hydrogens is 533 g/mol. The lowest BCUT2D eigenvalue weighted by molar-refractivity contribution is -0.0429. The van der Waals surface area contributed by atoms with Crippen LogP contribution < -0.4 is 10.0 Å². The predicted octanol–water partition coefficient (Wildman–Crippen LogP) is 5.80. The Morgan fingerprint density at radius 1 is 1.13 bits per heavy atom. The van der Waals surface area contributed by atoms with Crippen LogP contribution in [0.4, 0.5) is 18.9 Å². The molecule has 8 nitrogen and oxygen atoms in total. The number of alkyl halides is 3. The molecule has 0 bridgehead atoms. The number of carbonyl (C=O) groups excluding carboxylic acids is 1. The highest BCUT2D eigenvalue weighted by Gasteiger charge is 2.46. The van der Waals surface area contributed by atoms with Crippen LogP contribution >= 0.6 is 0 Å². The molecule has 0 atom stereocenters. The number of fused-ring (bicyclic) bond motifs is 1. The Bertz CT molecular complexity index is 1650. The van der Waals surface area contributed by atoms with Crippen LogP contribution in [0, 0.1) is 0 Å². The van der Waals surface area contributed by atoms with E-state index in [4.69, 9.17) is 9.40 Å². The largest absolute Gasteiger partial charge is 0.516 e. The van der Waals surface area contributed by atoms with E-state index in [0.29, 0.717) is 42.1 Å². The van der Waals surface area contributed by atoms with Gasteiger partial charge < -0.3 is 14.3 Å². The van der Waals surface area contributed by atoms with Crippen molar-refractivity contribution in [2.24, 2.45) is 0 Å². The number of hydrogen-bond acceptors (Lipinski definition) is 5. The maximum Gasteiger partial charge on any atom is 0.516 e. The van der Waals surface area contributed by atoms with E-state index < -0.39 is 15.5 Å². The van der Waals surface area contributed by atoms with Gasteiger partial charge in [-0.1, -0.05) is 25.1 Å². The summed E-state index contributed by atoms with van der Waals surface area (Å²) < 4.78 is 71.7. The van der Waals surface area contributed by atoms with E-state index in [-0.39, 0.29) is 22.9 Å². The lowest BCUT2D eigenvalue weighted by atomic mass is 10.1. The van der Waals surface area contributed by atoms with Crippen LogP contribution in [0.1, 0.15) is 60.2 Å². The summed E-state index contributed by atoms with van der Waals surface area (Å²) in [6.07, 6.45) is 2.68. The fourth-order valence-electron chi connectivity index (χ4n) is 4.58.